The molecule has 0 amide bonds. The molecule has 3 nitrogen and oxygen atoms in total. The fourth-order valence-electron chi connectivity index (χ4n) is 2.55. The number of aromatic nitrogens is 1. The van der Waals surface area contributed by atoms with Gasteiger partial charge in [-0.15, -0.1) is 11.3 Å². The van der Waals surface area contributed by atoms with E-state index in [2.05, 4.69) is 4.98 Å². The summed E-state index contributed by atoms with van der Waals surface area (Å²) in [6.07, 6.45) is 6.49. The molecule has 1 aliphatic rings. The highest BCUT2D eigenvalue weighted by molar-refractivity contribution is 7.18. The quantitative estimate of drug-likeness (QED) is 0.835. The van der Waals surface area contributed by atoms with Crippen molar-refractivity contribution in [3.63, 3.8) is 0 Å². The number of nitrogen functional groups attached to an aromatic ring is 1. The Hall–Kier alpha value is -1.29. The number of anilines is 1. The number of nitrogens with zero attached hydrogens (tertiary/aromatic N) is 1. The number of nitrogens with two attached hydrogens (primary N) is 1. The molecule has 0 aliphatic heterocycles. The van der Waals surface area contributed by atoms with Crippen LogP contribution in [0.5, 0.6) is 5.75 Å². The summed E-state index contributed by atoms with van der Waals surface area (Å²) in [5.41, 5.74) is 7.80. The summed E-state index contributed by atoms with van der Waals surface area (Å²) < 4.78 is 7.18. The first-order valence-electron chi connectivity index (χ1n) is 6.56. The maximum atomic E-state index is 6.07. The van der Waals surface area contributed by atoms with Crippen LogP contribution in [-0.4, -0.2) is 11.1 Å². The van der Waals surface area contributed by atoms with Crippen molar-refractivity contribution in [1.82, 2.24) is 4.98 Å². The molecule has 4 heteroatoms. The van der Waals surface area contributed by atoms with Crippen molar-refractivity contribution >= 4 is 27.2 Å². The van der Waals surface area contributed by atoms with E-state index in [0.717, 1.165) is 39.5 Å². The molecule has 2 N–H and O–H groups in total. The van der Waals surface area contributed by atoms with Gasteiger partial charge in [0.25, 0.3) is 0 Å². The minimum absolute atomic E-state index is 0.332. The van der Waals surface area contributed by atoms with E-state index >= 15 is 0 Å². The van der Waals surface area contributed by atoms with Gasteiger partial charge in [-0.1, -0.05) is 6.42 Å². The lowest BCUT2D eigenvalue weighted by atomic mass is 9.98. The zero-order valence-electron chi connectivity index (χ0n) is 10.6. The van der Waals surface area contributed by atoms with Crippen molar-refractivity contribution in [3.05, 3.63) is 17.1 Å². The Morgan fingerprint density at radius 2 is 2.06 bits per heavy atom. The monoisotopic (exact) mass is 262 g/mol. The van der Waals surface area contributed by atoms with Gasteiger partial charge in [0, 0.05) is 6.07 Å². The Morgan fingerprint density at radius 3 is 2.83 bits per heavy atom. The van der Waals surface area contributed by atoms with Crippen molar-refractivity contribution in [2.24, 2.45) is 0 Å². The molecule has 18 heavy (non-hydrogen) atoms. The number of hydrogen-bond acceptors (Lipinski definition) is 4. The van der Waals surface area contributed by atoms with Crippen molar-refractivity contribution in [3.8, 4) is 5.75 Å². The number of aryl methyl sites for hydroxylation is 1. The van der Waals surface area contributed by atoms with Crippen LogP contribution in [-0.2, 0) is 0 Å². The smallest absolute Gasteiger partial charge is 0.144 e. The normalized spacial score (nSPS) is 17.2. The first kappa shape index (κ1) is 11.8. The number of rotatable bonds is 2. The van der Waals surface area contributed by atoms with E-state index < -0.39 is 0 Å². The Balaban J connectivity index is 1.88. The van der Waals surface area contributed by atoms with Gasteiger partial charge in [-0.25, -0.2) is 4.98 Å². The zero-order valence-corrected chi connectivity index (χ0v) is 11.4. The predicted octanol–water partition coefficient (Wildman–Crippen LogP) is 3.90. The summed E-state index contributed by atoms with van der Waals surface area (Å²) in [5, 5.41) is 1.07. The van der Waals surface area contributed by atoms with E-state index in [1.54, 1.807) is 11.3 Å². The molecular weight excluding hydrogens is 244 g/mol. The van der Waals surface area contributed by atoms with Crippen molar-refractivity contribution < 1.29 is 4.74 Å². The molecule has 0 unspecified atom stereocenters. The minimum atomic E-state index is 0.332. The highest BCUT2D eigenvalue weighted by Gasteiger charge is 2.16. The maximum absolute atomic E-state index is 6.07. The number of ether oxygens (including phenoxy) is 1. The molecule has 1 aliphatic carbocycles. The fourth-order valence-corrected chi connectivity index (χ4v) is 3.41. The second kappa shape index (κ2) is 4.76. The van der Waals surface area contributed by atoms with Crippen molar-refractivity contribution in [2.75, 3.05) is 5.73 Å². The molecule has 96 valence electrons. The van der Waals surface area contributed by atoms with Crippen molar-refractivity contribution in [2.45, 2.75) is 45.1 Å². The second-order valence-corrected chi connectivity index (χ2v) is 6.20. The van der Waals surface area contributed by atoms with E-state index in [4.69, 9.17) is 10.5 Å². The van der Waals surface area contributed by atoms with Gasteiger partial charge in [-0.05, 0) is 38.7 Å². The molecule has 0 saturated heterocycles. The fraction of sp³-hybridized carbons (Fsp3) is 0.500. The van der Waals surface area contributed by atoms with Gasteiger partial charge in [0.2, 0.25) is 0 Å². The van der Waals surface area contributed by atoms with E-state index in [9.17, 15) is 0 Å². The summed E-state index contributed by atoms with van der Waals surface area (Å²) in [6, 6.07) is 3.97. The Bertz CT molecular complexity index is 558. The highest BCUT2D eigenvalue weighted by atomic mass is 32.1. The van der Waals surface area contributed by atoms with Gasteiger partial charge < -0.3 is 10.5 Å². The maximum Gasteiger partial charge on any atom is 0.144 e. The summed E-state index contributed by atoms with van der Waals surface area (Å²) in [5.74, 6) is 0.805. The Morgan fingerprint density at radius 1 is 1.28 bits per heavy atom. The van der Waals surface area contributed by atoms with E-state index in [1.807, 2.05) is 19.1 Å². The van der Waals surface area contributed by atoms with Crippen LogP contribution in [0.3, 0.4) is 0 Å². The van der Waals surface area contributed by atoms with Gasteiger partial charge >= 0.3 is 0 Å². The van der Waals surface area contributed by atoms with Crippen LogP contribution < -0.4 is 10.5 Å². The van der Waals surface area contributed by atoms with Crippen LogP contribution >= 0.6 is 11.3 Å². The van der Waals surface area contributed by atoms with E-state index in [-0.39, 0.29) is 0 Å². The van der Waals surface area contributed by atoms with Gasteiger partial charge in [0.1, 0.15) is 5.75 Å². The van der Waals surface area contributed by atoms with Gasteiger partial charge in [0.05, 0.1) is 27.0 Å². The molecular formula is C14H18N2OS. The molecule has 1 fully saturated rings. The number of fused-ring (bicyclic) bond motifs is 1. The van der Waals surface area contributed by atoms with E-state index in [1.165, 1.54) is 19.3 Å². The Labute approximate surface area is 111 Å². The van der Waals surface area contributed by atoms with Gasteiger partial charge in [0.15, 0.2) is 0 Å². The topological polar surface area (TPSA) is 48.1 Å². The molecule has 1 aromatic heterocycles. The summed E-state index contributed by atoms with van der Waals surface area (Å²) >= 11 is 1.67. The number of hydrogen-bond donors (Lipinski definition) is 1. The van der Waals surface area contributed by atoms with Gasteiger partial charge in [-0.3, -0.25) is 0 Å². The molecule has 1 heterocycles. The second-order valence-electron chi connectivity index (χ2n) is 4.97. The molecule has 0 spiro atoms. The zero-order chi connectivity index (χ0) is 12.5. The molecule has 0 bridgehead atoms. The molecule has 1 saturated carbocycles. The highest BCUT2D eigenvalue weighted by Crippen LogP contribution is 2.33. The molecule has 1 aromatic carbocycles. The van der Waals surface area contributed by atoms with Crippen molar-refractivity contribution in [1.29, 1.82) is 0 Å². The Kier molecular flexibility index (Phi) is 3.12. The largest absolute Gasteiger partial charge is 0.488 e. The predicted molar refractivity (Wildman–Crippen MR) is 76.3 cm³/mol. The summed E-state index contributed by atoms with van der Waals surface area (Å²) in [4.78, 5) is 4.49. The lowest BCUT2D eigenvalue weighted by molar-refractivity contribution is 0.156. The lowest BCUT2D eigenvalue weighted by Crippen LogP contribution is -2.20. The molecule has 3 rings (SSSR count). The van der Waals surface area contributed by atoms with Crippen LogP contribution in [0.25, 0.3) is 10.2 Å². The van der Waals surface area contributed by atoms with Crippen LogP contribution in [0, 0.1) is 6.92 Å². The third kappa shape index (κ3) is 2.29. The summed E-state index contributed by atoms with van der Waals surface area (Å²) in [6.45, 7) is 2.02. The number of thiazole rings is 1. The van der Waals surface area contributed by atoms with Gasteiger partial charge in [-0.2, -0.15) is 0 Å². The first-order valence-corrected chi connectivity index (χ1v) is 7.37. The number of benzene rings is 1. The SMILES string of the molecule is Cc1nc2cc(OC3CCCCC3)c(N)cc2s1. The van der Waals surface area contributed by atoms with Crippen LogP contribution in [0.1, 0.15) is 37.1 Å². The lowest BCUT2D eigenvalue weighted by Gasteiger charge is -2.23. The minimum Gasteiger partial charge on any atom is -0.488 e. The third-order valence-corrected chi connectivity index (χ3v) is 4.41. The standard InChI is InChI=1S/C14H18N2OS/c1-9-16-12-8-13(11(15)7-14(12)18-9)17-10-5-3-2-4-6-10/h7-8,10H,2-6,15H2,1H3. The van der Waals surface area contributed by atoms with Crippen LogP contribution in [0.15, 0.2) is 12.1 Å². The summed E-state index contributed by atoms with van der Waals surface area (Å²) in [7, 11) is 0. The molecule has 2 aromatic rings. The van der Waals surface area contributed by atoms with Crippen LogP contribution in [0.2, 0.25) is 0 Å². The first-order chi connectivity index (χ1) is 8.72. The van der Waals surface area contributed by atoms with E-state index in [0.29, 0.717) is 6.10 Å². The molecule has 0 radical (unpaired) electrons. The third-order valence-electron chi connectivity index (χ3n) is 3.47. The molecule has 0 atom stereocenters. The average Bonchev–Trinajstić information content (AvgIpc) is 2.70. The van der Waals surface area contributed by atoms with Crippen LogP contribution in [0.4, 0.5) is 5.69 Å². The average molecular weight is 262 g/mol.